The molecule has 0 aliphatic rings. The van der Waals surface area contributed by atoms with Crippen LogP contribution >= 0.6 is 47.8 Å². The summed E-state index contributed by atoms with van der Waals surface area (Å²) in [5.41, 5.74) is 0. The normalized spacial score (nSPS) is 11.2. The molecule has 0 fully saturated rings. The number of esters is 1. The van der Waals surface area contributed by atoms with Crippen molar-refractivity contribution in [2.45, 2.75) is 15.5 Å². The molecule has 0 bridgehead atoms. The summed E-state index contributed by atoms with van der Waals surface area (Å²) >= 11 is 9.54. The third-order valence-corrected chi connectivity index (χ3v) is 1.49. The van der Waals surface area contributed by atoms with E-state index in [1.165, 1.54) is 0 Å². The van der Waals surface area contributed by atoms with E-state index in [1.807, 2.05) is 0 Å². The maximum Gasteiger partial charge on any atom is 0.308 e. The van der Waals surface area contributed by atoms with Crippen molar-refractivity contribution in [1.82, 2.24) is 0 Å². The first-order chi connectivity index (χ1) is 4.45. The van der Waals surface area contributed by atoms with E-state index in [4.69, 9.17) is 0 Å². The predicted octanol–water partition coefficient (Wildman–Crippen LogP) is 2.78. The van der Waals surface area contributed by atoms with Gasteiger partial charge in [0.25, 0.3) is 0 Å². The van der Waals surface area contributed by atoms with Gasteiger partial charge in [0.1, 0.15) is 2.14 Å². The Bertz CT molecular complexity index is 119. The van der Waals surface area contributed by atoms with Gasteiger partial charge in [0, 0.05) is 0 Å². The van der Waals surface area contributed by atoms with Crippen molar-refractivity contribution >= 4 is 53.8 Å². The first kappa shape index (κ1) is 10.9. The van der Waals surface area contributed by atoms with E-state index in [0.717, 1.165) is 0 Å². The molecule has 0 N–H and O–H groups in total. The number of halogens is 3. The van der Waals surface area contributed by atoms with Crippen molar-refractivity contribution < 1.29 is 9.53 Å². The highest BCUT2D eigenvalue weighted by Gasteiger charge is 2.22. The molecule has 0 spiro atoms. The van der Waals surface area contributed by atoms with Gasteiger partial charge in [-0.15, -0.1) is 0 Å². The van der Waals surface area contributed by atoms with Gasteiger partial charge in [-0.25, -0.2) is 0 Å². The average molecular weight is 339 g/mol. The molecule has 0 amide bonds. The van der Waals surface area contributed by atoms with Gasteiger partial charge in [-0.3, -0.25) is 4.79 Å². The van der Waals surface area contributed by atoms with Crippen LogP contribution in [0.5, 0.6) is 0 Å². The topological polar surface area (TPSA) is 26.3 Å². The molecule has 60 valence electrons. The molecule has 0 atom stereocenters. The molecule has 0 saturated carbocycles. The van der Waals surface area contributed by atoms with E-state index in [9.17, 15) is 4.79 Å². The van der Waals surface area contributed by atoms with Gasteiger partial charge in [0.15, 0.2) is 0 Å². The Morgan fingerprint density at radius 3 is 2.30 bits per heavy atom. The minimum Gasteiger partial charge on any atom is -0.466 e. The highest BCUT2D eigenvalue weighted by atomic mass is 80.0. The lowest BCUT2D eigenvalue weighted by atomic mass is 10.5. The maximum absolute atomic E-state index is 10.7. The SMILES string of the molecule is CCOC(=O)CC(Br)(Br)Br. The van der Waals surface area contributed by atoms with E-state index in [1.54, 1.807) is 6.92 Å². The number of ether oxygens (including phenoxy) is 1. The zero-order chi connectivity index (χ0) is 8.20. The molecule has 0 heterocycles. The molecule has 2 nitrogen and oxygen atoms in total. The molecule has 5 heteroatoms. The van der Waals surface area contributed by atoms with Crippen LogP contribution in [0.25, 0.3) is 0 Å². The lowest BCUT2D eigenvalue weighted by Crippen LogP contribution is -2.12. The van der Waals surface area contributed by atoms with Crippen LogP contribution in [0.15, 0.2) is 0 Å². The van der Waals surface area contributed by atoms with Crippen LogP contribution in [0.4, 0.5) is 0 Å². The Labute approximate surface area is 85.1 Å². The van der Waals surface area contributed by atoms with Crippen molar-refractivity contribution in [3.8, 4) is 0 Å². The second-order valence-corrected chi connectivity index (χ2v) is 8.85. The van der Waals surface area contributed by atoms with Crippen LogP contribution in [0.1, 0.15) is 13.3 Å². The summed E-state index contributed by atoms with van der Waals surface area (Å²) in [7, 11) is 0. The van der Waals surface area contributed by atoms with Gasteiger partial charge in [-0.1, -0.05) is 47.8 Å². The molecule has 0 aromatic heterocycles. The van der Waals surface area contributed by atoms with E-state index < -0.39 is 2.14 Å². The van der Waals surface area contributed by atoms with Crippen molar-refractivity contribution in [1.29, 1.82) is 0 Å². The molecule has 0 unspecified atom stereocenters. The Kier molecular flexibility index (Phi) is 5.15. The zero-order valence-corrected chi connectivity index (χ0v) is 10.1. The zero-order valence-electron chi connectivity index (χ0n) is 5.36. The van der Waals surface area contributed by atoms with Crippen molar-refractivity contribution in [2.24, 2.45) is 0 Å². The summed E-state index contributed by atoms with van der Waals surface area (Å²) in [6.07, 6.45) is 0.251. The van der Waals surface area contributed by atoms with Crippen molar-refractivity contribution in [3.05, 3.63) is 0 Å². The van der Waals surface area contributed by atoms with E-state index in [0.29, 0.717) is 6.61 Å². The fourth-order valence-electron chi connectivity index (χ4n) is 0.376. The second kappa shape index (κ2) is 4.72. The maximum atomic E-state index is 10.7. The minimum absolute atomic E-state index is 0.242. The minimum atomic E-state index is -0.515. The molecule has 0 radical (unpaired) electrons. The molecule has 0 rings (SSSR count). The molecule has 0 saturated heterocycles. The average Bonchev–Trinajstić information content (AvgIpc) is 1.59. The Balaban J connectivity index is 3.58. The summed E-state index contributed by atoms with van der Waals surface area (Å²) < 4.78 is 4.17. The van der Waals surface area contributed by atoms with E-state index in [2.05, 4.69) is 52.5 Å². The van der Waals surface area contributed by atoms with E-state index >= 15 is 0 Å². The highest BCUT2D eigenvalue weighted by Crippen LogP contribution is 2.37. The Morgan fingerprint density at radius 1 is 1.50 bits per heavy atom. The fourth-order valence-corrected chi connectivity index (χ4v) is 1.06. The number of carbonyl (C=O) groups excluding carboxylic acids is 1. The smallest absolute Gasteiger partial charge is 0.308 e. The van der Waals surface area contributed by atoms with Crippen molar-refractivity contribution in [3.63, 3.8) is 0 Å². The summed E-state index contributed by atoms with van der Waals surface area (Å²) in [5.74, 6) is -0.242. The first-order valence-corrected chi connectivity index (χ1v) is 5.06. The molecule has 0 aromatic rings. The number of carbonyl (C=O) groups is 1. The monoisotopic (exact) mass is 336 g/mol. The molecule has 0 aliphatic heterocycles. The summed E-state index contributed by atoms with van der Waals surface area (Å²) in [6.45, 7) is 2.19. The third kappa shape index (κ3) is 7.02. The predicted molar refractivity (Wildman–Crippen MR) is 50.8 cm³/mol. The third-order valence-electron chi connectivity index (χ3n) is 0.650. The van der Waals surface area contributed by atoms with Crippen molar-refractivity contribution in [2.75, 3.05) is 6.61 Å². The van der Waals surface area contributed by atoms with Gasteiger partial charge in [-0.05, 0) is 6.92 Å². The van der Waals surface area contributed by atoms with Gasteiger partial charge < -0.3 is 4.74 Å². The first-order valence-electron chi connectivity index (χ1n) is 2.68. The number of alkyl halides is 3. The van der Waals surface area contributed by atoms with Crippen LogP contribution in [-0.4, -0.2) is 14.7 Å². The van der Waals surface area contributed by atoms with Gasteiger partial charge in [0.2, 0.25) is 0 Å². The van der Waals surface area contributed by atoms with Crippen LogP contribution in [0, 0.1) is 0 Å². The quantitative estimate of drug-likeness (QED) is 0.571. The summed E-state index contributed by atoms with van der Waals surface area (Å²) in [6, 6.07) is 0. The van der Waals surface area contributed by atoms with Gasteiger partial charge >= 0.3 is 5.97 Å². The molecular weight excluding hydrogens is 332 g/mol. The van der Waals surface area contributed by atoms with Crippen LogP contribution in [0.3, 0.4) is 0 Å². The summed E-state index contributed by atoms with van der Waals surface area (Å²) in [4.78, 5) is 10.7. The largest absolute Gasteiger partial charge is 0.466 e. The molecule has 10 heavy (non-hydrogen) atoms. The van der Waals surface area contributed by atoms with Gasteiger partial charge in [-0.2, -0.15) is 0 Å². The number of hydrogen-bond acceptors (Lipinski definition) is 2. The van der Waals surface area contributed by atoms with Gasteiger partial charge in [0.05, 0.1) is 13.0 Å². The lowest BCUT2D eigenvalue weighted by molar-refractivity contribution is -0.142. The van der Waals surface area contributed by atoms with Crippen LogP contribution in [-0.2, 0) is 9.53 Å². The lowest BCUT2D eigenvalue weighted by Gasteiger charge is -2.09. The fraction of sp³-hybridized carbons (Fsp3) is 0.800. The Morgan fingerprint density at radius 2 is 2.00 bits per heavy atom. The molecule has 0 aliphatic carbocycles. The van der Waals surface area contributed by atoms with E-state index in [-0.39, 0.29) is 12.4 Å². The second-order valence-electron chi connectivity index (χ2n) is 1.60. The van der Waals surface area contributed by atoms with Crippen LogP contribution in [0.2, 0.25) is 0 Å². The number of hydrogen-bond donors (Lipinski definition) is 0. The summed E-state index contributed by atoms with van der Waals surface area (Å²) in [5, 5.41) is 0. The number of rotatable bonds is 2. The highest BCUT2D eigenvalue weighted by molar-refractivity contribution is 9.39. The van der Waals surface area contributed by atoms with Crippen LogP contribution < -0.4 is 0 Å². The Hall–Kier alpha value is 0.910. The standard InChI is InChI=1S/C5H7Br3O2/c1-2-10-4(9)3-5(6,7)8/h2-3H2,1H3. The molecular formula is C5H7Br3O2. The molecule has 0 aromatic carbocycles.